The summed E-state index contributed by atoms with van der Waals surface area (Å²) in [5.74, 6) is 0.665. The van der Waals surface area contributed by atoms with Gasteiger partial charge < -0.3 is 4.40 Å². The fourth-order valence-electron chi connectivity index (χ4n) is 8.91. The monoisotopic (exact) mass is 660 g/mol. The maximum Gasteiger partial charge on any atom is 0.235 e. The van der Waals surface area contributed by atoms with Crippen LogP contribution in [0.15, 0.2) is 170 Å². The highest BCUT2D eigenvalue weighted by Gasteiger charge is 2.24. The van der Waals surface area contributed by atoms with E-state index in [4.69, 9.17) is 9.97 Å². The average molecular weight is 661 g/mol. The Balaban J connectivity index is 1.30. The lowest BCUT2D eigenvalue weighted by atomic mass is 10.0. The predicted octanol–water partition coefficient (Wildman–Crippen LogP) is 12.4. The molecule has 0 saturated heterocycles. The standard InChI is InChI=1S/C48H28N4/c1-3-13-29(14-4-1)33-19-9-22-36-37-23-10-21-35-34-20-11-24-39-42(34)43-40(25-12-26-41(43)52(46(33)36)47(35)37)51(39)48-49-44(31-16-5-2-6-17-31)38-28-27-30-15-7-8-18-32(30)45(38)50-48/h1-28H. The molecule has 0 aliphatic rings. The molecule has 0 saturated carbocycles. The Morgan fingerprint density at radius 1 is 0.365 bits per heavy atom. The van der Waals surface area contributed by atoms with Crippen LogP contribution < -0.4 is 0 Å². The van der Waals surface area contributed by atoms with Crippen molar-refractivity contribution >= 4 is 81.6 Å². The minimum absolute atomic E-state index is 0.665. The summed E-state index contributed by atoms with van der Waals surface area (Å²) in [6, 6.07) is 61.1. The number of benzene rings is 8. The molecule has 12 rings (SSSR count). The summed E-state index contributed by atoms with van der Waals surface area (Å²) in [7, 11) is 0. The molecule has 0 aliphatic heterocycles. The number of rotatable bonds is 3. The zero-order valence-electron chi connectivity index (χ0n) is 28.0. The summed E-state index contributed by atoms with van der Waals surface area (Å²) in [4.78, 5) is 10.9. The van der Waals surface area contributed by atoms with Crippen molar-refractivity contribution in [1.29, 1.82) is 0 Å². The summed E-state index contributed by atoms with van der Waals surface area (Å²) >= 11 is 0. The van der Waals surface area contributed by atoms with E-state index in [9.17, 15) is 0 Å². The van der Waals surface area contributed by atoms with E-state index in [1.54, 1.807) is 0 Å². The number of para-hydroxylation sites is 2. The summed E-state index contributed by atoms with van der Waals surface area (Å²) in [5.41, 5.74) is 11.2. The second-order valence-electron chi connectivity index (χ2n) is 13.7. The van der Waals surface area contributed by atoms with Crippen LogP contribution in [0.25, 0.3) is 110 Å². The third kappa shape index (κ3) is 3.60. The van der Waals surface area contributed by atoms with Crippen molar-refractivity contribution in [2.24, 2.45) is 0 Å². The molecule has 52 heavy (non-hydrogen) atoms. The van der Waals surface area contributed by atoms with Crippen LogP contribution in [-0.2, 0) is 0 Å². The minimum Gasteiger partial charge on any atom is -0.307 e. The first-order valence-electron chi connectivity index (χ1n) is 17.8. The molecule has 4 heterocycles. The molecule has 0 atom stereocenters. The molecule has 0 bridgehead atoms. The molecule has 4 heteroatoms. The van der Waals surface area contributed by atoms with E-state index in [0.717, 1.165) is 49.5 Å². The van der Waals surface area contributed by atoms with Gasteiger partial charge >= 0.3 is 0 Å². The first-order valence-corrected chi connectivity index (χ1v) is 17.8. The zero-order valence-corrected chi connectivity index (χ0v) is 28.0. The van der Waals surface area contributed by atoms with Crippen molar-refractivity contribution in [3.8, 4) is 28.3 Å². The maximum atomic E-state index is 5.46. The zero-order chi connectivity index (χ0) is 33.9. The van der Waals surface area contributed by atoms with E-state index >= 15 is 0 Å². The molecule has 4 aromatic heterocycles. The minimum atomic E-state index is 0.665. The number of aromatic nitrogens is 4. The molecule has 0 spiro atoms. The molecular weight excluding hydrogens is 633 g/mol. The van der Waals surface area contributed by atoms with E-state index in [-0.39, 0.29) is 0 Å². The fourth-order valence-corrected chi connectivity index (χ4v) is 8.91. The number of nitrogens with zero attached hydrogens (tertiary/aromatic N) is 4. The molecule has 0 radical (unpaired) electrons. The third-order valence-corrected chi connectivity index (χ3v) is 11.0. The molecule has 12 aromatic rings. The second-order valence-corrected chi connectivity index (χ2v) is 13.7. The van der Waals surface area contributed by atoms with Gasteiger partial charge in [-0.05, 0) is 40.6 Å². The Kier molecular flexibility index (Phi) is 5.47. The first kappa shape index (κ1) is 27.7. The Hall–Kier alpha value is -7.04. The predicted molar refractivity (Wildman–Crippen MR) is 217 cm³/mol. The Labute approximate surface area is 297 Å². The number of fused-ring (bicyclic) bond motifs is 8. The Morgan fingerprint density at radius 3 is 1.79 bits per heavy atom. The van der Waals surface area contributed by atoms with Crippen LogP contribution in [0.5, 0.6) is 0 Å². The van der Waals surface area contributed by atoms with Gasteiger partial charge in [-0.3, -0.25) is 4.57 Å². The molecule has 0 fully saturated rings. The Morgan fingerprint density at radius 2 is 0.962 bits per heavy atom. The van der Waals surface area contributed by atoms with E-state index in [2.05, 4.69) is 179 Å². The molecule has 8 aromatic carbocycles. The molecule has 0 aliphatic carbocycles. The highest BCUT2D eigenvalue weighted by atomic mass is 15.2. The van der Waals surface area contributed by atoms with Crippen molar-refractivity contribution in [1.82, 2.24) is 18.9 Å². The number of hydrogen-bond acceptors (Lipinski definition) is 2. The van der Waals surface area contributed by atoms with Crippen LogP contribution in [0.2, 0.25) is 0 Å². The molecule has 0 unspecified atom stereocenters. The summed E-state index contributed by atoms with van der Waals surface area (Å²) < 4.78 is 4.82. The fraction of sp³-hybridized carbons (Fsp3) is 0. The highest BCUT2D eigenvalue weighted by molar-refractivity contribution is 6.31. The van der Waals surface area contributed by atoms with Gasteiger partial charge in [-0.2, -0.15) is 0 Å². The highest BCUT2D eigenvalue weighted by Crippen LogP contribution is 2.45. The normalized spacial score (nSPS) is 12.2. The van der Waals surface area contributed by atoms with E-state index in [1.807, 2.05) is 0 Å². The van der Waals surface area contributed by atoms with Crippen LogP contribution in [0.4, 0.5) is 0 Å². The quantitative estimate of drug-likeness (QED) is 0.177. The van der Waals surface area contributed by atoms with Crippen LogP contribution in [0, 0.1) is 0 Å². The Bertz CT molecular complexity index is 3390. The van der Waals surface area contributed by atoms with Crippen LogP contribution in [0.1, 0.15) is 0 Å². The molecule has 0 amide bonds. The van der Waals surface area contributed by atoms with Gasteiger partial charge in [0.1, 0.15) is 0 Å². The van der Waals surface area contributed by atoms with Gasteiger partial charge in [-0.1, -0.05) is 146 Å². The SMILES string of the molecule is c1ccc(-c2nc(-n3c4cccc5c6cccc7c8cccc(-c9ccccc9)c8n(c8cccc3c8c54)c67)nc3c2ccc2ccccc23)cc1. The van der Waals surface area contributed by atoms with Crippen LogP contribution in [-0.4, -0.2) is 18.9 Å². The van der Waals surface area contributed by atoms with Gasteiger partial charge in [-0.15, -0.1) is 0 Å². The second kappa shape index (κ2) is 10.3. The lowest BCUT2D eigenvalue weighted by Crippen LogP contribution is -2.04. The lowest BCUT2D eigenvalue weighted by Gasteiger charge is -2.13. The summed E-state index contributed by atoms with van der Waals surface area (Å²) in [6.45, 7) is 0. The summed E-state index contributed by atoms with van der Waals surface area (Å²) in [6.07, 6.45) is 0. The van der Waals surface area contributed by atoms with E-state index in [0.29, 0.717) is 5.95 Å². The average Bonchev–Trinajstić information content (AvgIpc) is 3.70. The largest absolute Gasteiger partial charge is 0.307 e. The van der Waals surface area contributed by atoms with Crippen LogP contribution in [0.3, 0.4) is 0 Å². The van der Waals surface area contributed by atoms with Gasteiger partial charge in [-0.25, -0.2) is 9.97 Å². The van der Waals surface area contributed by atoms with Gasteiger partial charge in [0.15, 0.2) is 0 Å². The number of hydrogen-bond donors (Lipinski definition) is 0. The topological polar surface area (TPSA) is 35.1 Å². The van der Waals surface area contributed by atoms with Crippen LogP contribution >= 0.6 is 0 Å². The lowest BCUT2D eigenvalue weighted by molar-refractivity contribution is 1.02. The molecule has 4 nitrogen and oxygen atoms in total. The van der Waals surface area contributed by atoms with Gasteiger partial charge in [0, 0.05) is 48.8 Å². The van der Waals surface area contributed by atoms with Gasteiger partial charge in [0.05, 0.1) is 38.8 Å². The van der Waals surface area contributed by atoms with E-state index < -0.39 is 0 Å². The molecule has 240 valence electrons. The first-order chi connectivity index (χ1) is 25.8. The van der Waals surface area contributed by atoms with Gasteiger partial charge in [0.25, 0.3) is 0 Å². The van der Waals surface area contributed by atoms with Crippen molar-refractivity contribution in [2.75, 3.05) is 0 Å². The maximum absolute atomic E-state index is 5.46. The van der Waals surface area contributed by atoms with Crippen molar-refractivity contribution in [3.05, 3.63) is 170 Å². The third-order valence-electron chi connectivity index (χ3n) is 11.0. The summed E-state index contributed by atoms with van der Waals surface area (Å²) in [5, 5.41) is 10.7. The van der Waals surface area contributed by atoms with Crippen molar-refractivity contribution in [2.45, 2.75) is 0 Å². The molecule has 0 N–H and O–H groups in total. The molecular formula is C48H28N4. The van der Waals surface area contributed by atoms with Crippen molar-refractivity contribution in [3.63, 3.8) is 0 Å². The smallest absolute Gasteiger partial charge is 0.235 e. The van der Waals surface area contributed by atoms with Gasteiger partial charge in [0.2, 0.25) is 5.95 Å². The van der Waals surface area contributed by atoms with E-state index in [1.165, 1.54) is 54.5 Å². The van der Waals surface area contributed by atoms with Crippen molar-refractivity contribution < 1.29 is 0 Å².